The van der Waals surface area contributed by atoms with Gasteiger partial charge in [-0.25, -0.2) is 13.1 Å². The smallest absolute Gasteiger partial charge is 0.248 e. The van der Waals surface area contributed by atoms with E-state index in [0.717, 1.165) is 5.69 Å². The molecule has 0 aliphatic rings. The summed E-state index contributed by atoms with van der Waals surface area (Å²) in [6.45, 7) is 2.04. The van der Waals surface area contributed by atoms with Crippen molar-refractivity contribution < 1.29 is 13.2 Å². The van der Waals surface area contributed by atoms with Crippen LogP contribution in [0.2, 0.25) is 5.02 Å². The number of halogens is 1. The van der Waals surface area contributed by atoms with Gasteiger partial charge in [-0.05, 0) is 35.9 Å². The van der Waals surface area contributed by atoms with E-state index < -0.39 is 10.0 Å². The maximum atomic E-state index is 12.2. The minimum absolute atomic E-state index is 0.181. The Morgan fingerprint density at radius 2 is 1.81 bits per heavy atom. The molecule has 1 amide bonds. The summed E-state index contributed by atoms with van der Waals surface area (Å²) in [4.78, 5) is 14.2. The van der Waals surface area contributed by atoms with Gasteiger partial charge >= 0.3 is 0 Å². The van der Waals surface area contributed by atoms with Crippen LogP contribution in [0.25, 0.3) is 6.08 Å². The second-order valence-electron chi connectivity index (χ2n) is 5.92. The first-order chi connectivity index (χ1) is 12.7. The Morgan fingerprint density at radius 1 is 1.15 bits per heavy atom. The summed E-state index contributed by atoms with van der Waals surface area (Å²) in [5.74, 6) is -0.315. The maximum absolute atomic E-state index is 12.2. The van der Waals surface area contributed by atoms with Gasteiger partial charge in [-0.15, -0.1) is 0 Å². The first kappa shape index (κ1) is 21.0. The summed E-state index contributed by atoms with van der Waals surface area (Å²) in [7, 11) is 0.199. The van der Waals surface area contributed by atoms with E-state index in [1.807, 2.05) is 19.0 Å². The fraction of sp³-hybridized carbons (Fsp3) is 0.211. The van der Waals surface area contributed by atoms with Crippen LogP contribution in [0.15, 0.2) is 53.4 Å². The monoisotopic (exact) mass is 407 g/mol. The minimum Gasteiger partial charge on any atom is -0.375 e. The van der Waals surface area contributed by atoms with Crippen molar-refractivity contribution >= 4 is 45.0 Å². The van der Waals surface area contributed by atoms with E-state index in [1.165, 1.54) is 18.2 Å². The lowest BCUT2D eigenvalue weighted by molar-refractivity contribution is -0.111. The molecule has 2 N–H and O–H groups in total. The molecule has 8 heteroatoms. The van der Waals surface area contributed by atoms with E-state index in [1.54, 1.807) is 43.3 Å². The lowest BCUT2D eigenvalue weighted by Crippen LogP contribution is -2.22. The molecule has 0 radical (unpaired) electrons. The lowest BCUT2D eigenvalue weighted by Gasteiger charge is -2.18. The number of hydrogen-bond donors (Lipinski definition) is 2. The highest BCUT2D eigenvalue weighted by Gasteiger charge is 2.12. The molecule has 0 atom stereocenters. The van der Waals surface area contributed by atoms with E-state index in [9.17, 15) is 13.2 Å². The van der Waals surface area contributed by atoms with Crippen LogP contribution in [0, 0.1) is 0 Å². The standard InChI is InChI=1S/C19H22ClN3O3S/c1-4-21-27(25,26)15-11-8-14(9-12-15)10-13-18(24)22-17-7-5-6-16(20)19(17)23(2)3/h5-13,21H,4H2,1-3H3,(H,22,24)/b13-10+. The maximum Gasteiger partial charge on any atom is 0.248 e. The van der Waals surface area contributed by atoms with Gasteiger partial charge in [0.2, 0.25) is 15.9 Å². The number of rotatable bonds is 7. The quantitative estimate of drug-likeness (QED) is 0.690. The van der Waals surface area contributed by atoms with Crippen molar-refractivity contribution in [1.29, 1.82) is 0 Å². The van der Waals surface area contributed by atoms with Gasteiger partial charge in [0.25, 0.3) is 0 Å². The van der Waals surface area contributed by atoms with Crippen LogP contribution in [0.4, 0.5) is 11.4 Å². The van der Waals surface area contributed by atoms with Crippen LogP contribution in [-0.2, 0) is 14.8 Å². The Hall–Kier alpha value is -2.35. The highest BCUT2D eigenvalue weighted by Crippen LogP contribution is 2.32. The highest BCUT2D eigenvalue weighted by atomic mass is 35.5. The summed E-state index contributed by atoms with van der Waals surface area (Å²) >= 11 is 6.19. The van der Waals surface area contributed by atoms with Gasteiger partial charge in [0.1, 0.15) is 0 Å². The topological polar surface area (TPSA) is 78.5 Å². The third kappa shape index (κ3) is 5.56. The minimum atomic E-state index is -3.49. The van der Waals surface area contributed by atoms with Crippen molar-refractivity contribution in [2.24, 2.45) is 0 Å². The fourth-order valence-corrected chi connectivity index (χ4v) is 3.83. The Labute approximate surface area is 164 Å². The molecule has 0 saturated carbocycles. The van der Waals surface area contributed by atoms with E-state index >= 15 is 0 Å². The van der Waals surface area contributed by atoms with Crippen molar-refractivity contribution in [3.8, 4) is 0 Å². The molecular formula is C19H22ClN3O3S. The molecule has 144 valence electrons. The number of nitrogens with zero attached hydrogens (tertiary/aromatic N) is 1. The number of benzene rings is 2. The second kappa shape index (κ2) is 9.03. The van der Waals surface area contributed by atoms with Gasteiger partial charge in [-0.2, -0.15) is 0 Å². The van der Waals surface area contributed by atoms with Gasteiger partial charge < -0.3 is 10.2 Å². The van der Waals surface area contributed by atoms with Gasteiger partial charge in [0.15, 0.2) is 0 Å². The van der Waals surface area contributed by atoms with Gasteiger partial charge in [0, 0.05) is 26.7 Å². The second-order valence-corrected chi connectivity index (χ2v) is 8.10. The summed E-state index contributed by atoms with van der Waals surface area (Å²) in [5, 5.41) is 3.34. The predicted molar refractivity (Wildman–Crippen MR) is 111 cm³/mol. The first-order valence-electron chi connectivity index (χ1n) is 8.29. The number of anilines is 2. The van der Waals surface area contributed by atoms with Gasteiger partial charge in [-0.1, -0.05) is 36.7 Å². The molecule has 0 unspecified atom stereocenters. The summed E-state index contributed by atoms with van der Waals surface area (Å²) < 4.78 is 26.3. The Morgan fingerprint density at radius 3 is 2.41 bits per heavy atom. The molecule has 27 heavy (non-hydrogen) atoms. The van der Waals surface area contributed by atoms with Crippen LogP contribution in [-0.4, -0.2) is 35.0 Å². The number of nitrogens with one attached hydrogen (secondary N) is 2. The largest absolute Gasteiger partial charge is 0.375 e. The molecule has 0 heterocycles. The first-order valence-corrected chi connectivity index (χ1v) is 10.2. The number of para-hydroxylation sites is 1. The lowest BCUT2D eigenvalue weighted by atomic mass is 10.2. The number of amides is 1. The van der Waals surface area contributed by atoms with Crippen LogP contribution < -0.4 is 14.9 Å². The third-order valence-electron chi connectivity index (χ3n) is 3.64. The molecule has 2 aromatic carbocycles. The fourth-order valence-electron chi connectivity index (χ4n) is 2.45. The zero-order valence-corrected chi connectivity index (χ0v) is 16.9. The van der Waals surface area contributed by atoms with Crippen molar-refractivity contribution in [1.82, 2.24) is 4.72 Å². The van der Waals surface area contributed by atoms with E-state index in [4.69, 9.17) is 11.6 Å². The summed E-state index contributed by atoms with van der Waals surface area (Å²) in [6.07, 6.45) is 2.99. The van der Waals surface area contributed by atoms with Gasteiger partial charge in [0.05, 0.1) is 21.3 Å². The zero-order chi connectivity index (χ0) is 20.0. The SMILES string of the molecule is CCNS(=O)(=O)c1ccc(/C=C/C(=O)Nc2cccc(Cl)c2N(C)C)cc1. The third-order valence-corrected chi connectivity index (χ3v) is 5.51. The molecule has 0 aliphatic heterocycles. The van der Waals surface area contributed by atoms with Crippen LogP contribution in [0.1, 0.15) is 12.5 Å². The molecular weight excluding hydrogens is 386 g/mol. The number of sulfonamides is 1. The highest BCUT2D eigenvalue weighted by molar-refractivity contribution is 7.89. The van der Waals surface area contributed by atoms with Crippen molar-refractivity contribution in [3.63, 3.8) is 0 Å². The Kier molecular flexibility index (Phi) is 7.01. The normalized spacial score (nSPS) is 11.6. The van der Waals surface area contributed by atoms with E-state index in [-0.39, 0.29) is 10.8 Å². The molecule has 2 aromatic rings. The molecule has 0 fully saturated rings. The van der Waals surface area contributed by atoms with Crippen molar-refractivity contribution in [2.75, 3.05) is 30.9 Å². The molecule has 0 aliphatic carbocycles. The molecule has 0 saturated heterocycles. The Balaban J connectivity index is 2.11. The average molecular weight is 408 g/mol. The summed E-state index contributed by atoms with van der Waals surface area (Å²) in [5.41, 5.74) is 2.03. The number of carbonyl (C=O) groups excluding carboxylic acids is 1. The van der Waals surface area contributed by atoms with Crippen LogP contribution in [0.3, 0.4) is 0 Å². The van der Waals surface area contributed by atoms with Crippen molar-refractivity contribution in [3.05, 3.63) is 59.1 Å². The predicted octanol–water partition coefficient (Wildman–Crippen LogP) is 3.36. The molecule has 0 bridgehead atoms. The summed E-state index contributed by atoms with van der Waals surface area (Å²) in [6, 6.07) is 11.6. The molecule has 0 spiro atoms. The zero-order valence-electron chi connectivity index (χ0n) is 15.4. The average Bonchev–Trinajstić information content (AvgIpc) is 2.60. The van der Waals surface area contributed by atoms with Gasteiger partial charge in [-0.3, -0.25) is 4.79 Å². The van der Waals surface area contributed by atoms with Crippen molar-refractivity contribution in [2.45, 2.75) is 11.8 Å². The molecule has 2 rings (SSSR count). The van der Waals surface area contributed by atoms with E-state index in [2.05, 4.69) is 10.0 Å². The van der Waals surface area contributed by atoms with E-state index in [0.29, 0.717) is 22.8 Å². The van der Waals surface area contributed by atoms with Crippen LogP contribution >= 0.6 is 11.6 Å². The molecule has 6 nitrogen and oxygen atoms in total. The van der Waals surface area contributed by atoms with Crippen LogP contribution in [0.5, 0.6) is 0 Å². The Bertz CT molecular complexity index is 939. The number of carbonyl (C=O) groups is 1. The number of hydrogen-bond acceptors (Lipinski definition) is 4. The molecule has 0 aromatic heterocycles.